The third-order valence-corrected chi connectivity index (χ3v) is 2.48. The van der Waals surface area contributed by atoms with Crippen molar-refractivity contribution in [3.8, 4) is 5.75 Å². The molecule has 0 unspecified atom stereocenters. The van der Waals surface area contributed by atoms with Crippen LogP contribution in [0.5, 0.6) is 5.75 Å². The Morgan fingerprint density at radius 3 is 2.86 bits per heavy atom. The molecule has 1 nitrogen and oxygen atoms in total. The van der Waals surface area contributed by atoms with Crippen molar-refractivity contribution in [3.63, 3.8) is 0 Å². The maximum atomic E-state index is 5.92. The van der Waals surface area contributed by atoms with E-state index in [0.29, 0.717) is 6.61 Å². The molecule has 0 atom stereocenters. The van der Waals surface area contributed by atoms with E-state index in [-0.39, 0.29) is 0 Å². The number of aryl methyl sites for hydroxylation is 1. The predicted octanol–water partition coefficient (Wildman–Crippen LogP) is 3.60. The molecule has 0 radical (unpaired) electrons. The molecule has 0 heterocycles. The number of rotatable bonds is 5. The molecule has 0 bridgehead atoms. The van der Waals surface area contributed by atoms with Gasteiger partial charge in [-0.2, -0.15) is 12.6 Å². The third kappa shape index (κ3) is 3.43. The van der Waals surface area contributed by atoms with Gasteiger partial charge in [-0.25, -0.2) is 0 Å². The predicted molar refractivity (Wildman–Crippen MR) is 64.8 cm³/mol. The Morgan fingerprint density at radius 1 is 1.43 bits per heavy atom. The quantitative estimate of drug-likeness (QED) is 0.761. The van der Waals surface area contributed by atoms with E-state index in [0.717, 1.165) is 29.4 Å². The number of hydrogen-bond donors (Lipinski definition) is 1. The average molecular weight is 231 g/mol. The first kappa shape index (κ1) is 11.7. The fourth-order valence-corrected chi connectivity index (χ4v) is 1.66. The molecule has 0 saturated heterocycles. The third-order valence-electron chi connectivity index (χ3n) is 1.93. The number of hydrogen-bond acceptors (Lipinski definition) is 2. The van der Waals surface area contributed by atoms with E-state index in [1.54, 1.807) is 0 Å². The topological polar surface area (TPSA) is 9.23 Å². The van der Waals surface area contributed by atoms with Gasteiger partial charge in [0.05, 0.1) is 6.61 Å². The van der Waals surface area contributed by atoms with E-state index in [4.69, 9.17) is 16.3 Å². The van der Waals surface area contributed by atoms with Gasteiger partial charge in [0, 0.05) is 5.02 Å². The van der Waals surface area contributed by atoms with E-state index in [9.17, 15) is 0 Å². The number of halogens is 1. The van der Waals surface area contributed by atoms with Crippen LogP contribution in [0.1, 0.15) is 18.9 Å². The summed E-state index contributed by atoms with van der Waals surface area (Å²) in [5.41, 5.74) is 1.17. The minimum Gasteiger partial charge on any atom is -0.494 e. The van der Waals surface area contributed by atoms with Crippen molar-refractivity contribution >= 4 is 24.2 Å². The van der Waals surface area contributed by atoms with Crippen molar-refractivity contribution in [1.29, 1.82) is 0 Å². The fourth-order valence-electron chi connectivity index (χ4n) is 1.31. The van der Waals surface area contributed by atoms with Gasteiger partial charge in [-0.3, -0.25) is 0 Å². The summed E-state index contributed by atoms with van der Waals surface area (Å²) in [7, 11) is 0. The van der Waals surface area contributed by atoms with E-state index in [2.05, 4.69) is 12.6 Å². The van der Waals surface area contributed by atoms with Gasteiger partial charge in [0.25, 0.3) is 0 Å². The zero-order valence-electron chi connectivity index (χ0n) is 8.29. The van der Waals surface area contributed by atoms with Crippen LogP contribution in [0.25, 0.3) is 0 Å². The lowest BCUT2D eigenvalue weighted by atomic mass is 10.1. The monoisotopic (exact) mass is 230 g/mol. The molecule has 0 aliphatic rings. The Kier molecular flexibility index (Phi) is 5.20. The molecule has 3 heteroatoms. The maximum Gasteiger partial charge on any atom is 0.122 e. The maximum absolute atomic E-state index is 5.92. The summed E-state index contributed by atoms with van der Waals surface area (Å²) < 4.78 is 5.51. The second-order valence-electron chi connectivity index (χ2n) is 3.01. The van der Waals surface area contributed by atoms with Gasteiger partial charge in [0.1, 0.15) is 5.75 Å². The minimum atomic E-state index is 0.690. The first-order valence-corrected chi connectivity index (χ1v) is 5.81. The lowest BCUT2D eigenvalue weighted by Gasteiger charge is -2.09. The van der Waals surface area contributed by atoms with Crippen molar-refractivity contribution in [1.82, 2.24) is 0 Å². The second kappa shape index (κ2) is 6.20. The highest BCUT2D eigenvalue weighted by atomic mass is 35.5. The van der Waals surface area contributed by atoms with Crippen LogP contribution in [-0.4, -0.2) is 12.4 Å². The van der Waals surface area contributed by atoms with Gasteiger partial charge in [0.15, 0.2) is 0 Å². The molecule has 0 aliphatic carbocycles. The summed E-state index contributed by atoms with van der Waals surface area (Å²) in [5, 5.41) is 0.766. The molecule has 0 spiro atoms. The van der Waals surface area contributed by atoms with Crippen LogP contribution >= 0.6 is 24.2 Å². The summed E-state index contributed by atoms with van der Waals surface area (Å²) in [6.07, 6.45) is 2.02. The highest BCUT2D eigenvalue weighted by Crippen LogP contribution is 2.24. The summed E-state index contributed by atoms with van der Waals surface area (Å²) in [6, 6.07) is 5.76. The van der Waals surface area contributed by atoms with Crippen molar-refractivity contribution in [2.45, 2.75) is 19.8 Å². The van der Waals surface area contributed by atoms with Gasteiger partial charge >= 0.3 is 0 Å². The Morgan fingerprint density at radius 2 is 2.21 bits per heavy atom. The van der Waals surface area contributed by atoms with E-state index >= 15 is 0 Å². The van der Waals surface area contributed by atoms with Crippen LogP contribution in [0, 0.1) is 0 Å². The zero-order chi connectivity index (χ0) is 10.4. The Balaban J connectivity index is 2.79. The summed E-state index contributed by atoms with van der Waals surface area (Å²) in [5.74, 6) is 1.83. The summed E-state index contributed by atoms with van der Waals surface area (Å²) in [4.78, 5) is 0. The molecule has 0 aliphatic heterocycles. The van der Waals surface area contributed by atoms with Gasteiger partial charge in [0.2, 0.25) is 0 Å². The number of benzene rings is 1. The van der Waals surface area contributed by atoms with Gasteiger partial charge < -0.3 is 4.74 Å². The van der Waals surface area contributed by atoms with Crippen LogP contribution in [0.15, 0.2) is 18.2 Å². The lowest BCUT2D eigenvalue weighted by molar-refractivity contribution is 0.336. The van der Waals surface area contributed by atoms with Crippen LogP contribution in [0.2, 0.25) is 5.02 Å². The SMILES string of the molecule is CCOc1ccc(Cl)cc1CCCS. The molecule has 0 fully saturated rings. The highest BCUT2D eigenvalue weighted by molar-refractivity contribution is 7.80. The molecule has 0 amide bonds. The van der Waals surface area contributed by atoms with Gasteiger partial charge in [-0.15, -0.1) is 0 Å². The van der Waals surface area contributed by atoms with Crippen LogP contribution in [-0.2, 0) is 6.42 Å². The molecule has 14 heavy (non-hydrogen) atoms. The van der Waals surface area contributed by atoms with E-state index in [1.165, 1.54) is 5.56 Å². The standard InChI is InChI=1S/C11H15ClOS/c1-2-13-11-6-5-10(12)8-9(11)4-3-7-14/h5-6,8,14H,2-4,7H2,1H3. The zero-order valence-corrected chi connectivity index (χ0v) is 9.94. The molecule has 1 aromatic rings. The van der Waals surface area contributed by atoms with Gasteiger partial charge in [-0.05, 0) is 49.3 Å². The fraction of sp³-hybridized carbons (Fsp3) is 0.455. The Hall–Kier alpha value is -0.340. The van der Waals surface area contributed by atoms with E-state index in [1.807, 2.05) is 25.1 Å². The smallest absolute Gasteiger partial charge is 0.122 e. The van der Waals surface area contributed by atoms with Crippen molar-refractivity contribution in [2.24, 2.45) is 0 Å². The molecular weight excluding hydrogens is 216 g/mol. The Labute approximate surface area is 95.8 Å². The second-order valence-corrected chi connectivity index (χ2v) is 3.90. The van der Waals surface area contributed by atoms with Crippen LogP contribution in [0.3, 0.4) is 0 Å². The minimum absolute atomic E-state index is 0.690. The number of thiol groups is 1. The van der Waals surface area contributed by atoms with Crippen molar-refractivity contribution in [3.05, 3.63) is 28.8 Å². The Bertz CT molecular complexity index is 289. The van der Waals surface area contributed by atoms with E-state index < -0.39 is 0 Å². The molecular formula is C11H15ClOS. The molecule has 0 N–H and O–H groups in total. The number of ether oxygens (including phenoxy) is 1. The first-order valence-electron chi connectivity index (χ1n) is 4.80. The van der Waals surface area contributed by atoms with Crippen molar-refractivity contribution < 1.29 is 4.74 Å². The van der Waals surface area contributed by atoms with Gasteiger partial charge in [-0.1, -0.05) is 11.6 Å². The summed E-state index contributed by atoms with van der Waals surface area (Å²) in [6.45, 7) is 2.67. The molecule has 1 rings (SSSR count). The molecule has 0 saturated carbocycles. The lowest BCUT2D eigenvalue weighted by Crippen LogP contribution is -1.97. The summed E-state index contributed by atoms with van der Waals surface area (Å²) >= 11 is 10.1. The van der Waals surface area contributed by atoms with Crippen LogP contribution < -0.4 is 4.74 Å². The van der Waals surface area contributed by atoms with Crippen molar-refractivity contribution in [2.75, 3.05) is 12.4 Å². The highest BCUT2D eigenvalue weighted by Gasteiger charge is 2.03. The largest absolute Gasteiger partial charge is 0.494 e. The average Bonchev–Trinajstić information content (AvgIpc) is 2.18. The molecule has 1 aromatic carbocycles. The first-order chi connectivity index (χ1) is 6.77. The normalized spacial score (nSPS) is 10.2. The molecule has 78 valence electrons. The van der Waals surface area contributed by atoms with Crippen LogP contribution in [0.4, 0.5) is 0 Å². The molecule has 0 aromatic heterocycles.